The third kappa shape index (κ3) is 6.31. The number of rotatable bonds is 9. The molecule has 0 spiro atoms. The van der Waals surface area contributed by atoms with Crippen LogP contribution in [0.15, 0.2) is 64.2 Å². The summed E-state index contributed by atoms with van der Waals surface area (Å²) in [4.78, 5) is 47.5. The van der Waals surface area contributed by atoms with Gasteiger partial charge in [0.2, 0.25) is 0 Å². The molecule has 2 aromatic carbocycles. The number of amides is 2. The number of carbonyl (C=O) groups excluding carboxylic acids is 2. The average molecular weight is 579 g/mol. The fourth-order valence-electron chi connectivity index (χ4n) is 4.31. The molecule has 4 aromatic rings. The normalized spacial score (nSPS) is 14.5. The van der Waals surface area contributed by atoms with Crippen LogP contribution in [0, 0.1) is 0 Å². The third-order valence-corrected chi connectivity index (χ3v) is 7.96. The maximum atomic E-state index is 13.0. The molecule has 0 saturated carbocycles. The molecule has 0 aliphatic heterocycles. The van der Waals surface area contributed by atoms with Crippen molar-refractivity contribution >= 4 is 27.7 Å². The van der Waals surface area contributed by atoms with E-state index in [0.29, 0.717) is 23.5 Å². The Labute approximate surface area is 234 Å². The highest BCUT2D eigenvalue weighted by Gasteiger charge is 2.26. The van der Waals surface area contributed by atoms with Crippen molar-refractivity contribution in [1.29, 1.82) is 0 Å². The maximum Gasteiger partial charge on any atom is 0.439 e. The van der Waals surface area contributed by atoms with Crippen LogP contribution >= 0.6 is 0 Å². The molecule has 41 heavy (non-hydrogen) atoms. The summed E-state index contributed by atoms with van der Waals surface area (Å²) in [6.45, 7) is 0.161. The fraction of sp³-hybridized carbons (Fsp3) is 0.231. The molecule has 4 N–H and O–H groups in total. The number of H-pyrrole nitrogens is 1. The van der Waals surface area contributed by atoms with Crippen molar-refractivity contribution in [3.63, 3.8) is 0 Å². The second-order valence-electron chi connectivity index (χ2n) is 9.48. The first-order valence-electron chi connectivity index (χ1n) is 12.5. The molecular formula is C26H26N8O6S. The lowest BCUT2D eigenvalue weighted by Crippen LogP contribution is -2.29. The number of nitrogens with one attached hydrogen (secondary N) is 4. The summed E-state index contributed by atoms with van der Waals surface area (Å²) in [6.07, 6.45) is 2.55. The Morgan fingerprint density at radius 3 is 2.46 bits per heavy atom. The molecule has 5 rings (SSSR count). The summed E-state index contributed by atoms with van der Waals surface area (Å²) >= 11 is 0. The number of hydrogen-bond acceptors (Lipinski definition) is 9. The number of anilines is 1. The number of nitrogens with zero attached hydrogens (tertiary/aromatic N) is 4. The SMILES string of the molecule is CN(C)S(=O)(=O)Nc1ccc(CNC(=O)c2cc(C(=O)N[C@H]3CCc4cc(-c5noc(=O)[nH]5)ccc43)ncn2)cc1. The van der Waals surface area contributed by atoms with E-state index < -0.39 is 27.8 Å². The Bertz CT molecular complexity index is 1760. The number of hydrogen-bond donors (Lipinski definition) is 4. The number of fused-ring (bicyclic) bond motifs is 1. The Kier molecular flexibility index (Phi) is 7.63. The zero-order chi connectivity index (χ0) is 29.1. The smallest absolute Gasteiger partial charge is 0.347 e. The van der Waals surface area contributed by atoms with E-state index in [0.717, 1.165) is 33.7 Å². The zero-order valence-electron chi connectivity index (χ0n) is 22.0. The third-order valence-electron chi connectivity index (χ3n) is 6.51. The van der Waals surface area contributed by atoms with E-state index in [4.69, 9.17) is 0 Å². The number of aromatic amines is 1. The van der Waals surface area contributed by atoms with Gasteiger partial charge in [-0.3, -0.25) is 23.8 Å². The second kappa shape index (κ2) is 11.3. The van der Waals surface area contributed by atoms with Crippen LogP contribution in [0.5, 0.6) is 0 Å². The molecule has 15 heteroatoms. The molecular weight excluding hydrogens is 552 g/mol. The van der Waals surface area contributed by atoms with Crippen LogP contribution in [0.3, 0.4) is 0 Å². The van der Waals surface area contributed by atoms with Crippen molar-refractivity contribution in [1.82, 2.24) is 35.0 Å². The minimum absolute atomic E-state index is 0.0265. The monoisotopic (exact) mass is 578 g/mol. The molecule has 14 nitrogen and oxygen atoms in total. The van der Waals surface area contributed by atoms with E-state index in [1.54, 1.807) is 30.3 Å². The lowest BCUT2D eigenvalue weighted by Gasteiger charge is -2.14. The highest BCUT2D eigenvalue weighted by atomic mass is 32.2. The molecule has 212 valence electrons. The van der Waals surface area contributed by atoms with Gasteiger partial charge in [-0.1, -0.05) is 29.4 Å². The van der Waals surface area contributed by atoms with E-state index in [1.807, 2.05) is 12.1 Å². The van der Waals surface area contributed by atoms with Gasteiger partial charge < -0.3 is 10.6 Å². The summed E-state index contributed by atoms with van der Waals surface area (Å²) in [5.74, 6) is -1.24. The molecule has 0 radical (unpaired) electrons. The number of benzene rings is 2. The van der Waals surface area contributed by atoms with E-state index in [1.165, 1.54) is 20.2 Å². The van der Waals surface area contributed by atoms with E-state index in [-0.39, 0.29) is 24.0 Å². The number of carbonyl (C=O) groups is 2. The largest absolute Gasteiger partial charge is 0.439 e. The molecule has 2 aromatic heterocycles. The van der Waals surface area contributed by atoms with E-state index in [2.05, 4.69) is 40.0 Å². The molecule has 0 saturated heterocycles. The Morgan fingerprint density at radius 2 is 1.78 bits per heavy atom. The van der Waals surface area contributed by atoms with Crippen molar-refractivity contribution in [2.75, 3.05) is 18.8 Å². The van der Waals surface area contributed by atoms with Gasteiger partial charge in [0.1, 0.15) is 17.7 Å². The molecule has 1 aliphatic rings. The van der Waals surface area contributed by atoms with Crippen LogP contribution in [0.2, 0.25) is 0 Å². The Hall–Kier alpha value is -4.89. The summed E-state index contributed by atoms with van der Waals surface area (Å²) in [7, 11) is -0.778. The minimum atomic E-state index is -3.62. The molecule has 1 atom stereocenters. The number of aromatic nitrogens is 4. The van der Waals surface area contributed by atoms with Crippen LogP contribution < -0.4 is 21.1 Å². The fourth-order valence-corrected chi connectivity index (χ4v) is 4.93. The molecule has 2 amide bonds. The number of aryl methyl sites for hydroxylation is 1. The predicted molar refractivity (Wildman–Crippen MR) is 147 cm³/mol. The van der Waals surface area contributed by atoms with Crippen LogP contribution in [-0.4, -0.2) is 58.7 Å². The van der Waals surface area contributed by atoms with Gasteiger partial charge in [-0.2, -0.15) is 12.7 Å². The van der Waals surface area contributed by atoms with Crippen LogP contribution in [0.1, 0.15) is 50.1 Å². The highest BCUT2D eigenvalue weighted by molar-refractivity contribution is 7.90. The van der Waals surface area contributed by atoms with Gasteiger partial charge in [0.05, 0.1) is 6.04 Å². The van der Waals surface area contributed by atoms with Gasteiger partial charge in [-0.15, -0.1) is 0 Å². The first-order valence-corrected chi connectivity index (χ1v) is 13.9. The molecule has 0 bridgehead atoms. The summed E-state index contributed by atoms with van der Waals surface area (Å²) in [5, 5.41) is 9.40. The topological polar surface area (TPSA) is 192 Å². The van der Waals surface area contributed by atoms with Gasteiger partial charge in [-0.25, -0.2) is 14.8 Å². The van der Waals surface area contributed by atoms with Gasteiger partial charge >= 0.3 is 16.0 Å². The summed E-state index contributed by atoms with van der Waals surface area (Å²) in [6, 6.07) is 13.2. The van der Waals surface area contributed by atoms with Crippen molar-refractivity contribution in [2.45, 2.75) is 25.4 Å². The van der Waals surface area contributed by atoms with Crippen molar-refractivity contribution in [2.24, 2.45) is 0 Å². The lowest BCUT2D eigenvalue weighted by atomic mass is 10.0. The molecule has 0 unspecified atom stereocenters. The maximum absolute atomic E-state index is 13.0. The first-order chi connectivity index (χ1) is 19.6. The second-order valence-corrected chi connectivity index (χ2v) is 11.4. The summed E-state index contributed by atoms with van der Waals surface area (Å²) in [5.41, 5.74) is 3.86. The Balaban J connectivity index is 1.19. The standard InChI is InChI=1S/C26H26N8O6S/c1-34(2)41(38,39)33-18-7-3-15(4-8-18)13-27-24(35)21-12-22(29-14-28-21)25(36)30-20-10-6-16-11-17(5-9-19(16)20)23-31-26(37)40-32-23/h3-5,7-9,11-12,14,20,33H,6,10,13H2,1-2H3,(H,27,35)(H,30,36)(H,31,32,37)/t20-/m0/s1. The zero-order valence-corrected chi connectivity index (χ0v) is 22.9. The minimum Gasteiger partial charge on any atom is -0.347 e. The van der Waals surface area contributed by atoms with Crippen molar-refractivity contribution < 1.29 is 22.5 Å². The van der Waals surface area contributed by atoms with Gasteiger partial charge in [0.25, 0.3) is 11.8 Å². The Morgan fingerprint density at radius 1 is 1.05 bits per heavy atom. The van der Waals surface area contributed by atoms with Gasteiger partial charge in [0, 0.05) is 38.0 Å². The van der Waals surface area contributed by atoms with Crippen molar-refractivity contribution in [3.05, 3.63) is 93.5 Å². The summed E-state index contributed by atoms with van der Waals surface area (Å²) < 4.78 is 32.0. The molecule has 1 aliphatic carbocycles. The predicted octanol–water partition coefficient (Wildman–Crippen LogP) is 1.39. The van der Waals surface area contributed by atoms with Crippen molar-refractivity contribution in [3.8, 4) is 11.4 Å². The van der Waals surface area contributed by atoms with E-state index >= 15 is 0 Å². The van der Waals surface area contributed by atoms with Gasteiger partial charge in [-0.05, 0) is 47.7 Å². The van der Waals surface area contributed by atoms with E-state index in [9.17, 15) is 22.8 Å². The quantitative estimate of drug-likeness (QED) is 0.227. The lowest BCUT2D eigenvalue weighted by molar-refractivity contribution is 0.0931. The van der Waals surface area contributed by atoms with Gasteiger partial charge in [0.15, 0.2) is 5.82 Å². The van der Waals surface area contributed by atoms with Crippen LogP contribution in [-0.2, 0) is 23.2 Å². The van der Waals surface area contributed by atoms with Crippen LogP contribution in [0.4, 0.5) is 5.69 Å². The average Bonchev–Trinajstić information content (AvgIpc) is 3.58. The van der Waals surface area contributed by atoms with Crippen LogP contribution in [0.25, 0.3) is 11.4 Å². The molecule has 2 heterocycles. The first kappa shape index (κ1) is 27.7. The highest BCUT2D eigenvalue weighted by Crippen LogP contribution is 2.33. The molecule has 0 fully saturated rings.